The van der Waals surface area contributed by atoms with Crippen LogP contribution in [0.15, 0.2) is 101 Å². The third kappa shape index (κ3) is 3.64. The molecular weight excluding hydrogens is 448 g/mol. The van der Waals surface area contributed by atoms with Crippen molar-refractivity contribution in [2.75, 3.05) is 0 Å². The summed E-state index contributed by atoms with van der Waals surface area (Å²) in [5.74, 6) is 0. The summed E-state index contributed by atoms with van der Waals surface area (Å²) < 4.78 is 3.51. The van der Waals surface area contributed by atoms with E-state index in [4.69, 9.17) is 0 Å². The van der Waals surface area contributed by atoms with E-state index in [1.54, 1.807) is 12.1 Å². The smallest absolute Gasteiger partial charge is 0.280 e. The normalized spacial score (nSPS) is 11.4. The molecule has 0 atom stereocenters. The second kappa shape index (κ2) is 8.50. The lowest BCUT2D eigenvalue weighted by Crippen LogP contribution is -2.16. The van der Waals surface area contributed by atoms with E-state index in [-0.39, 0.29) is 11.0 Å². The third-order valence-corrected chi connectivity index (χ3v) is 6.68. The summed E-state index contributed by atoms with van der Waals surface area (Å²) in [6.45, 7) is 4.46. The molecule has 1 N–H and O–H groups in total. The standard InChI is InChI=1S/C30H24N4O2/c1-19-6-3-4-7-25(19)34-30(36)24-18-33(26-8-5-9-27(35)28(26)29(24)32-34)17-21-11-14-22(15-12-21)23-13-10-20(2)31-16-23/h3-16,18,32H,17H2,1-2H3. The van der Waals surface area contributed by atoms with Gasteiger partial charge in [0.25, 0.3) is 5.56 Å². The van der Waals surface area contributed by atoms with E-state index in [0.29, 0.717) is 23.0 Å². The molecule has 6 heteroatoms. The largest absolute Gasteiger partial charge is 0.342 e. The number of hydrogen-bond acceptors (Lipinski definition) is 3. The molecule has 6 rings (SSSR count). The fraction of sp³-hybridized carbons (Fsp3) is 0.100. The molecule has 2 aromatic heterocycles. The number of H-pyrrole nitrogens is 1. The number of rotatable bonds is 4. The summed E-state index contributed by atoms with van der Waals surface area (Å²) in [7, 11) is 0. The van der Waals surface area contributed by atoms with Crippen molar-refractivity contribution in [2.45, 2.75) is 20.4 Å². The van der Waals surface area contributed by atoms with Gasteiger partial charge in [0.2, 0.25) is 0 Å². The summed E-state index contributed by atoms with van der Waals surface area (Å²) in [6.07, 6.45) is 3.73. The Balaban J connectivity index is 1.47. The van der Waals surface area contributed by atoms with E-state index in [1.165, 1.54) is 4.68 Å². The Kier molecular flexibility index (Phi) is 5.15. The molecule has 0 amide bonds. The maximum absolute atomic E-state index is 13.5. The Morgan fingerprint density at radius 3 is 2.36 bits per heavy atom. The molecule has 0 saturated carbocycles. The quantitative estimate of drug-likeness (QED) is 0.378. The van der Waals surface area contributed by atoms with Crippen LogP contribution in [0, 0.1) is 13.8 Å². The number of pyridine rings is 2. The van der Waals surface area contributed by atoms with E-state index in [9.17, 15) is 9.59 Å². The molecule has 36 heavy (non-hydrogen) atoms. The van der Waals surface area contributed by atoms with Gasteiger partial charge in [-0.1, -0.05) is 54.6 Å². The van der Waals surface area contributed by atoms with Crippen molar-refractivity contribution in [1.82, 2.24) is 19.3 Å². The maximum Gasteiger partial charge on any atom is 0.280 e. The molecule has 1 aliphatic heterocycles. The van der Waals surface area contributed by atoms with Crippen molar-refractivity contribution < 1.29 is 0 Å². The molecule has 4 aromatic rings. The van der Waals surface area contributed by atoms with Gasteiger partial charge in [-0.25, -0.2) is 4.68 Å². The summed E-state index contributed by atoms with van der Waals surface area (Å²) in [5, 5.41) is 3.69. The predicted octanol–water partition coefficient (Wildman–Crippen LogP) is 5.31. The summed E-state index contributed by atoms with van der Waals surface area (Å²) in [4.78, 5) is 30.9. The lowest BCUT2D eigenvalue weighted by Gasteiger charge is -2.16. The van der Waals surface area contributed by atoms with Gasteiger partial charge in [0, 0.05) is 30.2 Å². The van der Waals surface area contributed by atoms with Crippen LogP contribution in [-0.4, -0.2) is 19.3 Å². The first kappa shape index (κ1) is 21.8. The van der Waals surface area contributed by atoms with Crippen LogP contribution < -0.4 is 11.0 Å². The number of benzene rings is 3. The van der Waals surface area contributed by atoms with Gasteiger partial charge in [0.05, 0.1) is 27.8 Å². The topological polar surface area (TPSA) is 72.7 Å². The van der Waals surface area contributed by atoms with Crippen LogP contribution in [0.4, 0.5) is 0 Å². The molecule has 0 spiro atoms. The van der Waals surface area contributed by atoms with E-state index in [1.807, 2.05) is 67.2 Å². The lowest BCUT2D eigenvalue weighted by molar-refractivity contribution is 0.805. The number of fused-ring (bicyclic) bond motifs is 3. The Morgan fingerprint density at radius 1 is 0.833 bits per heavy atom. The molecule has 0 bridgehead atoms. The average molecular weight is 473 g/mol. The number of nitrogens with one attached hydrogen (secondary N) is 1. The van der Waals surface area contributed by atoms with Gasteiger partial charge in [-0.2, -0.15) is 0 Å². The molecule has 0 radical (unpaired) electrons. The number of hydrogen-bond donors (Lipinski definition) is 1. The SMILES string of the molecule is Cc1ccc(-c2ccc(Cn3cc4c(=O)n(-c5ccccc5C)[nH]c4c4c(=O)cccc3-4)cc2)cn1. The van der Waals surface area contributed by atoms with Gasteiger partial charge in [0.15, 0.2) is 5.43 Å². The Bertz CT molecular complexity index is 1810. The predicted molar refractivity (Wildman–Crippen MR) is 143 cm³/mol. The summed E-state index contributed by atoms with van der Waals surface area (Å²) in [6, 6.07) is 25.3. The molecule has 6 nitrogen and oxygen atoms in total. The zero-order valence-electron chi connectivity index (χ0n) is 20.0. The maximum atomic E-state index is 13.5. The fourth-order valence-corrected chi connectivity index (χ4v) is 4.75. The zero-order chi connectivity index (χ0) is 24.8. The first-order chi connectivity index (χ1) is 17.5. The van der Waals surface area contributed by atoms with Crippen LogP contribution in [0.25, 0.3) is 39.0 Å². The average Bonchev–Trinajstić information content (AvgIpc) is 3.21. The minimum absolute atomic E-state index is 0.118. The molecule has 3 heterocycles. The van der Waals surface area contributed by atoms with E-state index < -0.39 is 0 Å². The highest BCUT2D eigenvalue weighted by Crippen LogP contribution is 2.28. The first-order valence-electron chi connectivity index (χ1n) is 11.8. The monoisotopic (exact) mass is 472 g/mol. The molecule has 2 aliphatic rings. The fourth-order valence-electron chi connectivity index (χ4n) is 4.75. The Labute approximate surface area is 207 Å². The van der Waals surface area contributed by atoms with E-state index >= 15 is 0 Å². The van der Waals surface area contributed by atoms with Crippen molar-refractivity contribution in [3.05, 3.63) is 129 Å². The summed E-state index contributed by atoms with van der Waals surface area (Å²) in [5.41, 5.74) is 7.49. The van der Waals surface area contributed by atoms with Crippen molar-refractivity contribution >= 4 is 10.9 Å². The van der Waals surface area contributed by atoms with Crippen LogP contribution in [0.3, 0.4) is 0 Å². The highest BCUT2D eigenvalue weighted by Gasteiger charge is 2.20. The van der Waals surface area contributed by atoms with Crippen LogP contribution in [0.1, 0.15) is 16.8 Å². The Morgan fingerprint density at radius 2 is 1.61 bits per heavy atom. The van der Waals surface area contributed by atoms with Crippen LogP contribution in [0.5, 0.6) is 0 Å². The third-order valence-electron chi connectivity index (χ3n) is 6.68. The number of aromatic amines is 1. The minimum Gasteiger partial charge on any atom is -0.342 e. The second-order valence-electron chi connectivity index (χ2n) is 9.12. The van der Waals surface area contributed by atoms with Crippen molar-refractivity contribution in [3.63, 3.8) is 0 Å². The van der Waals surface area contributed by atoms with Gasteiger partial charge < -0.3 is 4.57 Å². The van der Waals surface area contributed by atoms with Gasteiger partial charge in [0.1, 0.15) is 0 Å². The van der Waals surface area contributed by atoms with Gasteiger partial charge in [-0.15, -0.1) is 0 Å². The molecule has 2 aromatic carbocycles. The second-order valence-corrected chi connectivity index (χ2v) is 9.12. The van der Waals surface area contributed by atoms with Crippen LogP contribution >= 0.6 is 0 Å². The van der Waals surface area contributed by atoms with Crippen LogP contribution in [-0.2, 0) is 6.54 Å². The highest BCUT2D eigenvalue weighted by molar-refractivity contribution is 5.93. The van der Waals surface area contributed by atoms with Gasteiger partial charge in [-0.3, -0.25) is 19.7 Å². The molecular formula is C30H24N4O2. The number of aromatic nitrogens is 4. The minimum atomic E-state index is -0.180. The van der Waals surface area contributed by atoms with Crippen molar-refractivity contribution in [2.24, 2.45) is 0 Å². The summed E-state index contributed by atoms with van der Waals surface area (Å²) >= 11 is 0. The van der Waals surface area contributed by atoms with Crippen LogP contribution in [0.2, 0.25) is 0 Å². The zero-order valence-corrected chi connectivity index (χ0v) is 20.0. The molecule has 0 unspecified atom stereocenters. The molecule has 1 aliphatic carbocycles. The van der Waals surface area contributed by atoms with E-state index in [0.717, 1.165) is 39.3 Å². The van der Waals surface area contributed by atoms with Crippen molar-refractivity contribution in [1.29, 1.82) is 0 Å². The van der Waals surface area contributed by atoms with Gasteiger partial charge in [-0.05, 0) is 54.8 Å². The van der Waals surface area contributed by atoms with Gasteiger partial charge >= 0.3 is 0 Å². The molecule has 176 valence electrons. The Hall–Kier alpha value is -4.71. The lowest BCUT2D eigenvalue weighted by atomic mass is 10.0. The highest BCUT2D eigenvalue weighted by atomic mass is 16.1. The number of nitrogens with zero attached hydrogens (tertiary/aromatic N) is 3. The van der Waals surface area contributed by atoms with Crippen molar-refractivity contribution in [3.8, 4) is 28.1 Å². The number of para-hydroxylation sites is 1. The number of aryl methyl sites for hydroxylation is 2. The molecule has 0 fully saturated rings. The first-order valence-corrected chi connectivity index (χ1v) is 11.8. The molecule has 0 saturated heterocycles. The van der Waals surface area contributed by atoms with E-state index in [2.05, 4.69) is 40.4 Å².